The lowest BCUT2D eigenvalue weighted by Crippen LogP contribution is -2.28. The molecule has 0 aliphatic heterocycles. The molecule has 0 radical (unpaired) electrons. The third kappa shape index (κ3) is 4.33. The number of rotatable bonds is 3. The Bertz CT molecular complexity index is 893. The van der Waals surface area contributed by atoms with Crippen molar-refractivity contribution in [2.24, 2.45) is 4.99 Å². The summed E-state index contributed by atoms with van der Waals surface area (Å²) in [5.41, 5.74) is 1.74. The van der Waals surface area contributed by atoms with E-state index in [0.717, 1.165) is 5.06 Å². The molecule has 0 atom stereocenters. The number of benzene rings is 3. The first kappa shape index (κ1) is 17.8. The van der Waals surface area contributed by atoms with Gasteiger partial charge in [-0.05, 0) is 60.7 Å². The summed E-state index contributed by atoms with van der Waals surface area (Å²) in [6.07, 6.45) is 0. The van der Waals surface area contributed by atoms with Crippen molar-refractivity contribution in [2.75, 3.05) is 5.06 Å². The maximum Gasteiger partial charge on any atom is 0.167 e. The zero-order valence-electron chi connectivity index (χ0n) is 12.9. The third-order valence-corrected chi connectivity index (χ3v) is 4.28. The van der Waals surface area contributed by atoms with Gasteiger partial charge in [-0.1, -0.05) is 46.9 Å². The summed E-state index contributed by atoms with van der Waals surface area (Å²) in [7, 11) is 0. The minimum Gasteiger partial charge on any atom is -0.282 e. The summed E-state index contributed by atoms with van der Waals surface area (Å²) in [6.45, 7) is 0. The molecule has 0 saturated carbocycles. The fourth-order valence-electron chi connectivity index (χ4n) is 2.21. The molecule has 25 heavy (non-hydrogen) atoms. The largest absolute Gasteiger partial charge is 0.282 e. The van der Waals surface area contributed by atoms with E-state index in [1.54, 1.807) is 60.7 Å². The quantitative estimate of drug-likeness (QED) is 0.309. The van der Waals surface area contributed by atoms with E-state index in [-0.39, 0.29) is 5.84 Å². The number of hydroxylamine groups is 1. The monoisotopic (exact) mass is 390 g/mol. The van der Waals surface area contributed by atoms with Gasteiger partial charge in [-0.2, -0.15) is 0 Å². The van der Waals surface area contributed by atoms with Gasteiger partial charge >= 0.3 is 0 Å². The molecule has 3 rings (SSSR count). The van der Waals surface area contributed by atoms with Crippen LogP contribution in [0.5, 0.6) is 0 Å². The van der Waals surface area contributed by atoms with Crippen LogP contribution >= 0.6 is 34.8 Å². The summed E-state index contributed by atoms with van der Waals surface area (Å²) in [5.74, 6) is 0.287. The summed E-state index contributed by atoms with van der Waals surface area (Å²) >= 11 is 18.1. The Morgan fingerprint density at radius 2 is 1.32 bits per heavy atom. The molecule has 0 amide bonds. The van der Waals surface area contributed by atoms with Crippen molar-refractivity contribution < 1.29 is 5.21 Å². The first-order chi connectivity index (χ1) is 12.0. The topological polar surface area (TPSA) is 35.8 Å². The lowest BCUT2D eigenvalue weighted by atomic mass is 10.2. The number of aliphatic imine (C=N–C) groups is 1. The second-order valence-corrected chi connectivity index (χ2v) is 6.46. The average Bonchev–Trinajstić information content (AvgIpc) is 2.62. The van der Waals surface area contributed by atoms with Gasteiger partial charge in [0.15, 0.2) is 5.84 Å². The van der Waals surface area contributed by atoms with Crippen molar-refractivity contribution in [1.29, 1.82) is 0 Å². The predicted octanol–water partition coefficient (Wildman–Crippen LogP) is 6.62. The highest BCUT2D eigenvalue weighted by Crippen LogP contribution is 2.25. The number of halogens is 3. The predicted molar refractivity (Wildman–Crippen MR) is 105 cm³/mol. The van der Waals surface area contributed by atoms with Crippen molar-refractivity contribution in [3.05, 3.63) is 93.4 Å². The Hall–Kier alpha value is -2.04. The van der Waals surface area contributed by atoms with E-state index in [1.165, 1.54) is 0 Å². The summed E-state index contributed by atoms with van der Waals surface area (Å²) in [6, 6.07) is 20.9. The first-order valence-electron chi connectivity index (χ1n) is 7.38. The standard InChI is InChI=1S/C19H13Cl3N2O/c20-13-5-9-15(10-6-13)23-19(17-3-1-2-4-18(17)22)24(25)16-11-7-14(21)8-12-16/h1-12,25H. The van der Waals surface area contributed by atoms with Gasteiger partial charge in [0.05, 0.1) is 16.4 Å². The Kier molecular flexibility index (Phi) is 5.61. The van der Waals surface area contributed by atoms with Gasteiger partial charge < -0.3 is 0 Å². The molecule has 0 spiro atoms. The van der Waals surface area contributed by atoms with Crippen molar-refractivity contribution >= 4 is 52.0 Å². The normalized spacial score (nSPS) is 11.4. The van der Waals surface area contributed by atoms with Crippen LogP contribution in [0.15, 0.2) is 77.8 Å². The highest BCUT2D eigenvalue weighted by atomic mass is 35.5. The molecule has 3 aromatic carbocycles. The lowest BCUT2D eigenvalue weighted by Gasteiger charge is -2.20. The van der Waals surface area contributed by atoms with Gasteiger partial charge in [0.2, 0.25) is 0 Å². The number of anilines is 1. The molecule has 0 saturated heterocycles. The van der Waals surface area contributed by atoms with Crippen LogP contribution in [0.3, 0.4) is 0 Å². The second-order valence-electron chi connectivity index (χ2n) is 5.18. The van der Waals surface area contributed by atoms with Crippen LogP contribution in [0.25, 0.3) is 0 Å². The van der Waals surface area contributed by atoms with E-state index in [1.807, 2.05) is 12.1 Å². The SMILES string of the molecule is ON(C(=Nc1ccc(Cl)cc1)c1ccccc1Cl)c1ccc(Cl)cc1. The third-order valence-electron chi connectivity index (χ3n) is 3.45. The van der Waals surface area contributed by atoms with Gasteiger partial charge in [-0.25, -0.2) is 10.1 Å². The van der Waals surface area contributed by atoms with E-state index in [4.69, 9.17) is 34.8 Å². The fourth-order valence-corrected chi connectivity index (χ4v) is 2.68. The van der Waals surface area contributed by atoms with Crippen LogP contribution in [0, 0.1) is 0 Å². The first-order valence-corrected chi connectivity index (χ1v) is 8.52. The van der Waals surface area contributed by atoms with E-state index in [2.05, 4.69) is 4.99 Å². The molecule has 126 valence electrons. The maximum absolute atomic E-state index is 10.7. The Morgan fingerprint density at radius 3 is 1.92 bits per heavy atom. The lowest BCUT2D eigenvalue weighted by molar-refractivity contribution is 0.313. The van der Waals surface area contributed by atoms with Crippen molar-refractivity contribution in [1.82, 2.24) is 0 Å². The zero-order valence-corrected chi connectivity index (χ0v) is 15.2. The van der Waals surface area contributed by atoms with Gasteiger partial charge in [0.25, 0.3) is 0 Å². The van der Waals surface area contributed by atoms with Crippen LogP contribution in [0.4, 0.5) is 11.4 Å². The fraction of sp³-hybridized carbons (Fsp3) is 0. The molecular formula is C19H13Cl3N2O. The van der Waals surface area contributed by atoms with Crippen LogP contribution in [-0.2, 0) is 0 Å². The molecule has 0 aromatic heterocycles. The van der Waals surface area contributed by atoms with E-state index < -0.39 is 0 Å². The van der Waals surface area contributed by atoms with Gasteiger partial charge in [0.1, 0.15) is 0 Å². The summed E-state index contributed by atoms with van der Waals surface area (Å²) in [5, 5.41) is 13.4. The minimum atomic E-state index is 0.287. The zero-order chi connectivity index (χ0) is 17.8. The Labute approximate surface area is 160 Å². The Morgan fingerprint density at radius 1 is 0.760 bits per heavy atom. The number of hydrogen-bond acceptors (Lipinski definition) is 2. The van der Waals surface area contributed by atoms with Crippen molar-refractivity contribution in [3.63, 3.8) is 0 Å². The van der Waals surface area contributed by atoms with E-state index in [9.17, 15) is 5.21 Å². The molecule has 0 aliphatic rings. The number of hydrogen-bond donors (Lipinski definition) is 1. The molecule has 0 aliphatic carbocycles. The average molecular weight is 392 g/mol. The van der Waals surface area contributed by atoms with Crippen LogP contribution in [0.2, 0.25) is 15.1 Å². The van der Waals surface area contributed by atoms with Crippen LogP contribution in [0.1, 0.15) is 5.56 Å². The van der Waals surface area contributed by atoms with Gasteiger partial charge in [-0.15, -0.1) is 0 Å². The molecule has 0 unspecified atom stereocenters. The van der Waals surface area contributed by atoms with Crippen LogP contribution in [-0.4, -0.2) is 11.0 Å². The molecular weight excluding hydrogens is 379 g/mol. The smallest absolute Gasteiger partial charge is 0.167 e. The molecule has 0 heterocycles. The molecule has 3 aromatic rings. The highest BCUT2D eigenvalue weighted by molar-refractivity contribution is 6.35. The second kappa shape index (κ2) is 7.89. The number of nitrogens with zero attached hydrogens (tertiary/aromatic N) is 2. The molecule has 6 heteroatoms. The molecule has 0 fully saturated rings. The Balaban J connectivity index is 2.10. The summed E-state index contributed by atoms with van der Waals surface area (Å²) < 4.78 is 0. The molecule has 0 bridgehead atoms. The van der Waals surface area contributed by atoms with E-state index in [0.29, 0.717) is 32.0 Å². The minimum absolute atomic E-state index is 0.287. The van der Waals surface area contributed by atoms with E-state index >= 15 is 0 Å². The molecule has 3 nitrogen and oxygen atoms in total. The summed E-state index contributed by atoms with van der Waals surface area (Å²) in [4.78, 5) is 4.55. The number of amidine groups is 1. The van der Waals surface area contributed by atoms with Crippen molar-refractivity contribution in [3.8, 4) is 0 Å². The highest BCUT2D eigenvalue weighted by Gasteiger charge is 2.17. The van der Waals surface area contributed by atoms with Gasteiger partial charge in [-0.3, -0.25) is 5.21 Å². The van der Waals surface area contributed by atoms with Crippen molar-refractivity contribution in [2.45, 2.75) is 0 Å². The van der Waals surface area contributed by atoms with Crippen LogP contribution < -0.4 is 5.06 Å². The molecule has 1 N–H and O–H groups in total. The maximum atomic E-state index is 10.7. The van der Waals surface area contributed by atoms with Gasteiger partial charge in [0, 0.05) is 15.6 Å².